The van der Waals surface area contributed by atoms with Gasteiger partial charge in [-0.15, -0.1) is 0 Å². The topological polar surface area (TPSA) is 6.48 Å². The molecule has 406 valence electrons. The Balaban J connectivity index is 0.921. The minimum Gasteiger partial charge on any atom is -0.310 e. The third kappa shape index (κ3) is 8.62. The van der Waals surface area contributed by atoms with E-state index in [0.29, 0.717) is 0 Å². The lowest BCUT2D eigenvalue weighted by atomic mass is 9.67. The van der Waals surface area contributed by atoms with Crippen molar-refractivity contribution in [3.8, 4) is 44.5 Å². The van der Waals surface area contributed by atoms with Gasteiger partial charge in [-0.3, -0.25) is 0 Å². The first kappa shape index (κ1) is 51.6. The molecule has 0 spiro atoms. The van der Waals surface area contributed by atoms with E-state index in [1.165, 1.54) is 127 Å². The molecule has 1 aliphatic carbocycles. The van der Waals surface area contributed by atoms with Gasteiger partial charge in [0, 0.05) is 33.5 Å². The van der Waals surface area contributed by atoms with Gasteiger partial charge in [0.1, 0.15) is 0 Å². The number of hydrogen-bond donors (Lipinski definition) is 0. The molecule has 0 atom stereocenters. The van der Waals surface area contributed by atoms with Crippen molar-refractivity contribution in [2.75, 3.05) is 9.80 Å². The normalized spacial score (nSPS) is 12.4. The summed E-state index contributed by atoms with van der Waals surface area (Å²) in [5.74, 6) is 0. The van der Waals surface area contributed by atoms with Crippen molar-refractivity contribution >= 4 is 66.4 Å². The second-order valence-electron chi connectivity index (χ2n) is 23.7. The Hall–Kier alpha value is -10.3. The Morgan fingerprint density at radius 2 is 0.635 bits per heavy atom. The maximum absolute atomic E-state index is 2.51. The van der Waals surface area contributed by atoms with Crippen LogP contribution in [-0.4, -0.2) is 0 Å². The fraction of sp³-hybridized carbons (Fsp3) is 0.0843. The van der Waals surface area contributed by atoms with Crippen molar-refractivity contribution in [1.29, 1.82) is 0 Å². The molecule has 0 unspecified atom stereocenters. The molecule has 0 aromatic heterocycles. The van der Waals surface area contributed by atoms with Gasteiger partial charge >= 0.3 is 0 Å². The molecule has 0 radical (unpaired) electrons. The summed E-state index contributed by atoms with van der Waals surface area (Å²) in [6.45, 7) is 13.2. The summed E-state index contributed by atoms with van der Waals surface area (Å²) < 4.78 is 0. The van der Waals surface area contributed by atoms with Gasteiger partial charge in [0.2, 0.25) is 0 Å². The van der Waals surface area contributed by atoms with E-state index in [0.717, 1.165) is 39.7 Å². The van der Waals surface area contributed by atoms with E-state index in [9.17, 15) is 0 Å². The smallest absolute Gasteiger partial charge is 0.0714 e. The molecule has 0 fully saturated rings. The van der Waals surface area contributed by atoms with Gasteiger partial charge < -0.3 is 9.80 Å². The summed E-state index contributed by atoms with van der Waals surface area (Å²) in [7, 11) is 0. The molecule has 0 bridgehead atoms. The number of fused-ring (bicyclic) bond motifs is 3. The van der Waals surface area contributed by atoms with Gasteiger partial charge in [0.15, 0.2) is 0 Å². The molecule has 2 heteroatoms. The van der Waals surface area contributed by atoms with Gasteiger partial charge in [-0.25, -0.2) is 0 Å². The number of rotatable bonds is 11. The van der Waals surface area contributed by atoms with E-state index >= 15 is 0 Å². The molecule has 0 saturated carbocycles. The number of anilines is 6. The Morgan fingerprint density at radius 3 is 1.15 bits per heavy atom. The van der Waals surface area contributed by atoms with Crippen LogP contribution in [0.25, 0.3) is 76.8 Å². The van der Waals surface area contributed by atoms with Crippen LogP contribution in [0.2, 0.25) is 0 Å². The lowest BCUT2D eigenvalue weighted by Gasteiger charge is -2.35. The average molecular weight is 1090 g/mol. The highest BCUT2D eigenvalue weighted by Crippen LogP contribution is 2.58. The van der Waals surface area contributed by atoms with E-state index in [2.05, 4.69) is 330 Å². The van der Waals surface area contributed by atoms with Gasteiger partial charge in [-0.1, -0.05) is 241 Å². The summed E-state index contributed by atoms with van der Waals surface area (Å²) in [5.41, 5.74) is 28.5. The zero-order valence-electron chi connectivity index (χ0n) is 49.0. The van der Waals surface area contributed by atoms with Crippen molar-refractivity contribution < 1.29 is 0 Å². The minimum absolute atomic E-state index is 0.560. The van der Waals surface area contributed by atoms with Crippen LogP contribution in [0.3, 0.4) is 0 Å². The molecular formula is C83H64N2. The Kier molecular flexibility index (Phi) is 12.5. The highest BCUT2D eigenvalue weighted by molar-refractivity contribution is 6.28. The molecule has 0 amide bonds. The maximum atomic E-state index is 2.51. The fourth-order valence-corrected chi connectivity index (χ4v) is 14.1. The molecule has 0 aliphatic heterocycles. The standard InChI is InChI=1S/C83H64N2/c1-53-17-13-25-65(45-53)84(67-27-15-21-62(51-67)76-48-56(4)30-38-70(76)69-37-29-55(3)47-75(69)59-19-9-7-10-20-59)79-43-35-60-34-42-74-80(44-36-61-33-41-73(79)81(60)82(61)74)85(66-26-14-18-54(2)46-66)68-28-16-24-64(52-68)83(63-22-11-8-12-23-63)77-49-57(5)31-39-71(77)72-40-32-58(6)50-78(72)83/h7-52H,1-6H3. The van der Waals surface area contributed by atoms with Crippen LogP contribution in [0.4, 0.5) is 34.1 Å². The quantitative estimate of drug-likeness (QED) is 0.119. The van der Waals surface area contributed by atoms with Crippen LogP contribution < -0.4 is 9.80 Å². The van der Waals surface area contributed by atoms with E-state index in [-0.39, 0.29) is 0 Å². The highest BCUT2D eigenvalue weighted by atomic mass is 15.2. The van der Waals surface area contributed by atoms with Crippen molar-refractivity contribution in [3.05, 3.63) is 335 Å². The van der Waals surface area contributed by atoms with Crippen LogP contribution in [0.1, 0.15) is 55.6 Å². The van der Waals surface area contributed by atoms with E-state index in [1.54, 1.807) is 0 Å². The molecule has 0 saturated heterocycles. The van der Waals surface area contributed by atoms with Gasteiger partial charge in [0.25, 0.3) is 0 Å². The molecule has 2 nitrogen and oxygen atoms in total. The fourth-order valence-electron chi connectivity index (χ4n) is 14.1. The zero-order chi connectivity index (χ0) is 57.5. The lowest BCUT2D eigenvalue weighted by molar-refractivity contribution is 0.766. The van der Waals surface area contributed by atoms with Crippen LogP contribution in [0.15, 0.2) is 279 Å². The predicted molar refractivity (Wildman–Crippen MR) is 362 cm³/mol. The monoisotopic (exact) mass is 1090 g/mol. The molecular weight excluding hydrogens is 1020 g/mol. The lowest BCUT2D eigenvalue weighted by Crippen LogP contribution is -2.29. The van der Waals surface area contributed by atoms with Crippen molar-refractivity contribution in [1.82, 2.24) is 0 Å². The SMILES string of the molecule is Cc1cccc(N(c2cccc(-c3cc(C)ccc3-c3ccc(C)cc3-c3ccccc3)c2)c2ccc3ccc4c(N(c5cccc(C)c5)c5cccc(C6(c7ccccc7)c7cc(C)ccc7-c7ccc(C)cc76)c5)ccc5ccc2c3c54)c1. The van der Waals surface area contributed by atoms with Crippen molar-refractivity contribution in [3.63, 3.8) is 0 Å². The minimum atomic E-state index is -0.560. The summed E-state index contributed by atoms with van der Waals surface area (Å²) in [6, 6.07) is 105. The number of benzene rings is 14. The first-order chi connectivity index (χ1) is 41.6. The first-order valence-electron chi connectivity index (χ1n) is 29.8. The molecule has 0 N–H and O–H groups in total. The Morgan fingerprint density at radius 1 is 0.247 bits per heavy atom. The van der Waals surface area contributed by atoms with E-state index in [1.807, 2.05) is 0 Å². The molecule has 1 aliphatic rings. The van der Waals surface area contributed by atoms with Crippen LogP contribution in [0.5, 0.6) is 0 Å². The Labute approximate surface area is 499 Å². The molecule has 85 heavy (non-hydrogen) atoms. The molecule has 14 aromatic rings. The summed E-state index contributed by atoms with van der Waals surface area (Å²) in [5, 5.41) is 7.32. The van der Waals surface area contributed by atoms with E-state index in [4.69, 9.17) is 0 Å². The van der Waals surface area contributed by atoms with Crippen LogP contribution >= 0.6 is 0 Å². The predicted octanol–water partition coefficient (Wildman–Crippen LogP) is 22.7. The first-order valence-corrected chi connectivity index (χ1v) is 29.8. The Bertz CT molecular complexity index is 4860. The van der Waals surface area contributed by atoms with Gasteiger partial charge in [-0.05, 0) is 202 Å². The van der Waals surface area contributed by atoms with Crippen molar-refractivity contribution in [2.24, 2.45) is 0 Å². The number of hydrogen-bond acceptors (Lipinski definition) is 2. The summed E-state index contributed by atoms with van der Waals surface area (Å²) >= 11 is 0. The van der Waals surface area contributed by atoms with Crippen LogP contribution in [0, 0.1) is 41.5 Å². The largest absolute Gasteiger partial charge is 0.310 e. The van der Waals surface area contributed by atoms with Crippen LogP contribution in [-0.2, 0) is 5.41 Å². The number of aryl methyl sites for hydroxylation is 6. The van der Waals surface area contributed by atoms with Gasteiger partial charge in [0.05, 0.1) is 16.8 Å². The zero-order valence-corrected chi connectivity index (χ0v) is 49.0. The number of nitrogens with zero attached hydrogens (tertiary/aromatic N) is 2. The second kappa shape index (κ2) is 20.6. The summed E-state index contributed by atoms with van der Waals surface area (Å²) in [6.07, 6.45) is 0. The highest BCUT2D eigenvalue weighted by Gasteiger charge is 2.46. The average Bonchev–Trinajstić information content (AvgIpc) is 1.67. The maximum Gasteiger partial charge on any atom is 0.0714 e. The van der Waals surface area contributed by atoms with Gasteiger partial charge in [-0.2, -0.15) is 0 Å². The third-order valence-electron chi connectivity index (χ3n) is 18.0. The second-order valence-corrected chi connectivity index (χ2v) is 23.7. The summed E-state index contributed by atoms with van der Waals surface area (Å²) in [4.78, 5) is 4.99. The molecule has 14 aromatic carbocycles. The molecule has 15 rings (SSSR count). The van der Waals surface area contributed by atoms with Crippen molar-refractivity contribution in [2.45, 2.75) is 47.0 Å². The van der Waals surface area contributed by atoms with E-state index < -0.39 is 5.41 Å². The molecule has 0 heterocycles. The third-order valence-corrected chi connectivity index (χ3v) is 18.0.